The third-order valence-electron chi connectivity index (χ3n) is 4.96. The zero-order valence-electron chi connectivity index (χ0n) is 13.9. The molecule has 0 saturated carbocycles. The predicted molar refractivity (Wildman–Crippen MR) is 102 cm³/mol. The molecule has 24 heavy (non-hydrogen) atoms. The van der Waals surface area contributed by atoms with Crippen molar-refractivity contribution in [3.63, 3.8) is 0 Å². The fourth-order valence-electron chi connectivity index (χ4n) is 3.74. The second kappa shape index (κ2) is 7.00. The molecule has 3 aromatic rings. The Morgan fingerprint density at radius 1 is 0.875 bits per heavy atom. The summed E-state index contributed by atoms with van der Waals surface area (Å²) in [6.07, 6.45) is 6.34. The minimum atomic E-state index is 0.819. The maximum Gasteiger partial charge on any atom is 0.0487 e. The molecule has 1 aliphatic rings. The largest absolute Gasteiger partial charge is 0.343 e. The summed E-state index contributed by atoms with van der Waals surface area (Å²) in [4.78, 5) is 2.58. The Morgan fingerprint density at radius 3 is 2.46 bits per heavy atom. The van der Waals surface area contributed by atoms with Crippen LogP contribution in [0.5, 0.6) is 0 Å². The van der Waals surface area contributed by atoms with Crippen LogP contribution in [0.2, 0.25) is 5.02 Å². The molecule has 124 valence electrons. The highest BCUT2D eigenvalue weighted by Crippen LogP contribution is 2.27. The van der Waals surface area contributed by atoms with Gasteiger partial charge in [0.2, 0.25) is 0 Å². The summed E-state index contributed by atoms with van der Waals surface area (Å²) in [6.45, 7) is 4.36. The first-order valence-electron chi connectivity index (χ1n) is 8.83. The monoisotopic (exact) mass is 338 g/mol. The molecule has 0 spiro atoms. The lowest BCUT2D eigenvalue weighted by atomic mass is 10.1. The first-order valence-corrected chi connectivity index (χ1v) is 9.21. The van der Waals surface area contributed by atoms with Crippen molar-refractivity contribution in [1.82, 2.24) is 9.47 Å². The Bertz CT molecular complexity index is 816. The number of benzene rings is 2. The van der Waals surface area contributed by atoms with Crippen LogP contribution in [0.25, 0.3) is 10.9 Å². The van der Waals surface area contributed by atoms with Crippen LogP contribution in [-0.4, -0.2) is 22.6 Å². The summed E-state index contributed by atoms with van der Waals surface area (Å²) in [5.41, 5.74) is 3.99. The van der Waals surface area contributed by atoms with E-state index in [4.69, 9.17) is 11.6 Å². The van der Waals surface area contributed by atoms with Crippen molar-refractivity contribution >= 4 is 22.5 Å². The minimum absolute atomic E-state index is 0.819. The van der Waals surface area contributed by atoms with Crippen LogP contribution in [-0.2, 0) is 13.1 Å². The van der Waals surface area contributed by atoms with Crippen LogP contribution in [0.15, 0.2) is 54.7 Å². The maximum atomic E-state index is 6.28. The van der Waals surface area contributed by atoms with Crippen LogP contribution < -0.4 is 0 Å². The van der Waals surface area contributed by atoms with Crippen molar-refractivity contribution < 1.29 is 0 Å². The SMILES string of the molecule is Clc1ccc2c(c1)c(CN1CCCCC1)cn2Cc1ccccc1. The summed E-state index contributed by atoms with van der Waals surface area (Å²) in [5, 5.41) is 2.11. The van der Waals surface area contributed by atoms with Crippen molar-refractivity contribution in [2.24, 2.45) is 0 Å². The number of hydrogen-bond acceptors (Lipinski definition) is 1. The molecule has 3 heteroatoms. The molecule has 1 saturated heterocycles. The Labute approximate surface area is 148 Å². The number of rotatable bonds is 4. The van der Waals surface area contributed by atoms with E-state index in [-0.39, 0.29) is 0 Å². The van der Waals surface area contributed by atoms with Crippen molar-refractivity contribution in [2.75, 3.05) is 13.1 Å². The van der Waals surface area contributed by atoms with Gasteiger partial charge in [0, 0.05) is 35.2 Å². The number of likely N-dealkylation sites (tertiary alicyclic amines) is 1. The van der Waals surface area contributed by atoms with Gasteiger partial charge in [-0.1, -0.05) is 48.4 Å². The van der Waals surface area contributed by atoms with E-state index < -0.39 is 0 Å². The zero-order chi connectivity index (χ0) is 16.4. The molecule has 0 unspecified atom stereocenters. The smallest absolute Gasteiger partial charge is 0.0487 e. The molecule has 1 aromatic heterocycles. The van der Waals surface area contributed by atoms with Gasteiger partial charge >= 0.3 is 0 Å². The third-order valence-corrected chi connectivity index (χ3v) is 5.20. The molecule has 0 amide bonds. The van der Waals surface area contributed by atoms with E-state index in [2.05, 4.69) is 58.1 Å². The fraction of sp³-hybridized carbons (Fsp3) is 0.333. The molecule has 4 rings (SSSR count). The highest BCUT2D eigenvalue weighted by Gasteiger charge is 2.15. The molecule has 0 aliphatic carbocycles. The Hall–Kier alpha value is -1.77. The van der Waals surface area contributed by atoms with Gasteiger partial charge in [0.1, 0.15) is 0 Å². The number of piperidine rings is 1. The minimum Gasteiger partial charge on any atom is -0.343 e. The zero-order valence-corrected chi connectivity index (χ0v) is 14.7. The third kappa shape index (κ3) is 3.35. The summed E-state index contributed by atoms with van der Waals surface area (Å²) < 4.78 is 2.36. The van der Waals surface area contributed by atoms with Crippen LogP contribution in [0.3, 0.4) is 0 Å². The Morgan fingerprint density at radius 2 is 1.67 bits per heavy atom. The van der Waals surface area contributed by atoms with Crippen molar-refractivity contribution in [2.45, 2.75) is 32.4 Å². The van der Waals surface area contributed by atoms with Crippen LogP contribution in [0.4, 0.5) is 0 Å². The van der Waals surface area contributed by atoms with Crippen molar-refractivity contribution in [3.8, 4) is 0 Å². The lowest BCUT2D eigenvalue weighted by Gasteiger charge is -2.26. The predicted octanol–water partition coefficient (Wildman–Crippen LogP) is 5.33. The van der Waals surface area contributed by atoms with Gasteiger partial charge in [-0.15, -0.1) is 0 Å². The lowest BCUT2D eigenvalue weighted by Crippen LogP contribution is -2.28. The number of fused-ring (bicyclic) bond motifs is 1. The standard InChI is InChI=1S/C21H23ClN2/c22-19-9-10-21-20(13-19)18(15-23-11-5-2-6-12-23)16-24(21)14-17-7-3-1-4-8-17/h1,3-4,7-10,13,16H,2,5-6,11-12,14-15H2. The Kier molecular flexibility index (Phi) is 4.59. The number of halogens is 1. The number of aromatic nitrogens is 1. The van der Waals surface area contributed by atoms with Gasteiger partial charge in [-0.2, -0.15) is 0 Å². The maximum absolute atomic E-state index is 6.28. The molecule has 2 nitrogen and oxygen atoms in total. The van der Waals surface area contributed by atoms with E-state index in [9.17, 15) is 0 Å². The molecule has 0 bridgehead atoms. The quantitative estimate of drug-likeness (QED) is 0.624. The van der Waals surface area contributed by atoms with Crippen LogP contribution >= 0.6 is 11.6 Å². The molecule has 0 N–H and O–H groups in total. The molecule has 1 fully saturated rings. The molecule has 0 atom stereocenters. The van der Waals surface area contributed by atoms with Crippen molar-refractivity contribution in [1.29, 1.82) is 0 Å². The molecule has 2 heterocycles. The second-order valence-corrected chi connectivity index (χ2v) is 7.20. The normalized spacial score (nSPS) is 15.9. The van der Waals surface area contributed by atoms with Gasteiger partial charge in [-0.25, -0.2) is 0 Å². The molecular formula is C21H23ClN2. The summed E-state index contributed by atoms with van der Waals surface area (Å²) in [5.74, 6) is 0. The Balaban J connectivity index is 1.69. The van der Waals surface area contributed by atoms with Crippen LogP contribution in [0.1, 0.15) is 30.4 Å². The molecular weight excluding hydrogens is 316 g/mol. The molecule has 1 aliphatic heterocycles. The van der Waals surface area contributed by atoms with E-state index >= 15 is 0 Å². The average Bonchev–Trinajstić information content (AvgIpc) is 2.93. The highest BCUT2D eigenvalue weighted by molar-refractivity contribution is 6.31. The van der Waals surface area contributed by atoms with Gasteiger partial charge in [0.05, 0.1) is 0 Å². The van der Waals surface area contributed by atoms with Crippen molar-refractivity contribution in [3.05, 3.63) is 70.9 Å². The van der Waals surface area contributed by atoms with Gasteiger partial charge < -0.3 is 4.57 Å². The topological polar surface area (TPSA) is 8.17 Å². The average molecular weight is 339 g/mol. The molecule has 0 radical (unpaired) electrons. The van der Waals surface area contributed by atoms with E-state index in [1.54, 1.807) is 0 Å². The summed E-state index contributed by atoms with van der Waals surface area (Å²) in [6, 6.07) is 16.9. The first kappa shape index (κ1) is 15.7. The second-order valence-electron chi connectivity index (χ2n) is 6.77. The molecule has 2 aromatic carbocycles. The summed E-state index contributed by atoms with van der Waals surface area (Å²) in [7, 11) is 0. The lowest BCUT2D eigenvalue weighted by molar-refractivity contribution is 0.221. The first-order chi connectivity index (χ1) is 11.8. The van der Waals surface area contributed by atoms with E-state index in [0.29, 0.717) is 0 Å². The number of nitrogens with zero attached hydrogens (tertiary/aromatic N) is 2. The van der Waals surface area contributed by atoms with E-state index in [0.717, 1.165) is 18.1 Å². The fourth-order valence-corrected chi connectivity index (χ4v) is 3.91. The van der Waals surface area contributed by atoms with Gasteiger partial charge in [-0.05, 0) is 55.3 Å². The van der Waals surface area contributed by atoms with Crippen LogP contribution in [0, 0.1) is 0 Å². The van der Waals surface area contributed by atoms with E-state index in [1.165, 1.54) is 54.4 Å². The highest BCUT2D eigenvalue weighted by atomic mass is 35.5. The number of hydrogen-bond donors (Lipinski definition) is 0. The van der Waals surface area contributed by atoms with Gasteiger partial charge in [-0.3, -0.25) is 4.90 Å². The van der Waals surface area contributed by atoms with Gasteiger partial charge in [0.15, 0.2) is 0 Å². The van der Waals surface area contributed by atoms with Gasteiger partial charge in [0.25, 0.3) is 0 Å². The summed E-state index contributed by atoms with van der Waals surface area (Å²) >= 11 is 6.28. The van der Waals surface area contributed by atoms with E-state index in [1.807, 2.05) is 6.07 Å².